The molecule has 2 atom stereocenters. The van der Waals surface area contributed by atoms with Crippen LogP contribution < -0.4 is 0 Å². The Hall–Kier alpha value is -0.400. The van der Waals surface area contributed by atoms with Gasteiger partial charge in [0.2, 0.25) is 0 Å². The number of carbonyl (C=O) groups excluding carboxylic acids is 1. The van der Waals surface area contributed by atoms with E-state index >= 15 is 0 Å². The van der Waals surface area contributed by atoms with Crippen LogP contribution in [0.2, 0.25) is 0 Å². The highest BCUT2D eigenvalue weighted by Crippen LogP contribution is 2.16. The lowest BCUT2D eigenvalue weighted by molar-refractivity contribution is -0.166. The summed E-state index contributed by atoms with van der Waals surface area (Å²) in [5, 5.41) is 0. The third kappa shape index (κ3) is 5.09. The summed E-state index contributed by atoms with van der Waals surface area (Å²) in [7, 11) is 1.33. The lowest BCUT2D eigenvalue weighted by atomic mass is 10.3. The predicted octanol–water partition coefficient (Wildman–Crippen LogP) is 2.08. The first-order chi connectivity index (χ1) is 7.60. The van der Waals surface area contributed by atoms with Crippen LogP contribution in [0.4, 0.5) is 0 Å². The number of halogens is 1. The molecular formula is C11H17IO4. The molecule has 0 aromatic carbocycles. The molecule has 0 bridgehead atoms. The molecule has 0 saturated carbocycles. The summed E-state index contributed by atoms with van der Waals surface area (Å²) in [6.45, 7) is 9.47. The smallest absolute Gasteiger partial charge is 0.323 e. The van der Waals surface area contributed by atoms with Crippen molar-refractivity contribution in [3.8, 4) is 0 Å². The van der Waals surface area contributed by atoms with Gasteiger partial charge in [-0.2, -0.15) is 0 Å². The molecule has 5 heteroatoms. The molecule has 0 spiro atoms. The van der Waals surface area contributed by atoms with Gasteiger partial charge in [-0.3, -0.25) is 4.79 Å². The number of methoxy groups -OCH3 is 1. The Morgan fingerprint density at radius 3 is 2.38 bits per heavy atom. The second-order valence-electron chi connectivity index (χ2n) is 2.82. The second kappa shape index (κ2) is 8.72. The maximum atomic E-state index is 11.3. The van der Waals surface area contributed by atoms with E-state index in [9.17, 15) is 4.79 Å². The number of esters is 1. The first-order valence-corrected chi connectivity index (χ1v) is 6.09. The van der Waals surface area contributed by atoms with Crippen molar-refractivity contribution in [2.45, 2.75) is 23.2 Å². The normalized spacial score (nSPS) is 14.2. The third-order valence-electron chi connectivity index (χ3n) is 1.75. The van der Waals surface area contributed by atoms with E-state index in [0.717, 1.165) is 0 Å². The lowest BCUT2D eigenvalue weighted by Gasteiger charge is -2.23. The van der Waals surface area contributed by atoms with Gasteiger partial charge in [0.05, 0.1) is 13.2 Å². The van der Waals surface area contributed by atoms with Crippen LogP contribution in [0.3, 0.4) is 0 Å². The van der Waals surface area contributed by atoms with Gasteiger partial charge >= 0.3 is 5.97 Å². The van der Waals surface area contributed by atoms with Crippen LogP contribution in [0.5, 0.6) is 0 Å². The van der Waals surface area contributed by atoms with E-state index in [4.69, 9.17) is 9.47 Å². The van der Waals surface area contributed by atoms with Crippen molar-refractivity contribution in [2.24, 2.45) is 0 Å². The molecule has 0 aliphatic rings. The van der Waals surface area contributed by atoms with Crippen molar-refractivity contribution in [1.29, 1.82) is 0 Å². The predicted molar refractivity (Wildman–Crippen MR) is 70.5 cm³/mol. The topological polar surface area (TPSA) is 44.8 Å². The largest absolute Gasteiger partial charge is 0.468 e. The molecule has 0 rings (SSSR count). The molecule has 0 radical (unpaired) electrons. The van der Waals surface area contributed by atoms with Crippen LogP contribution in [-0.4, -0.2) is 36.0 Å². The average Bonchev–Trinajstić information content (AvgIpc) is 2.32. The van der Waals surface area contributed by atoms with E-state index in [1.54, 1.807) is 12.2 Å². The van der Waals surface area contributed by atoms with Crippen molar-refractivity contribution in [3.63, 3.8) is 0 Å². The summed E-state index contributed by atoms with van der Waals surface area (Å²) < 4.78 is 14.9. The zero-order valence-corrected chi connectivity index (χ0v) is 11.7. The second-order valence-corrected chi connectivity index (χ2v) is 4.16. The molecule has 0 aliphatic carbocycles. The summed E-state index contributed by atoms with van der Waals surface area (Å²) in [4.78, 5) is 11.3. The molecule has 0 N–H and O–H groups in total. The molecule has 0 heterocycles. The Labute approximate surface area is 110 Å². The number of hydrogen-bond donors (Lipinski definition) is 0. The Morgan fingerprint density at radius 2 is 2.00 bits per heavy atom. The van der Waals surface area contributed by atoms with E-state index in [0.29, 0.717) is 6.61 Å². The van der Waals surface area contributed by atoms with Gasteiger partial charge in [0.15, 0.2) is 10.2 Å². The van der Waals surface area contributed by atoms with Crippen LogP contribution in [0.25, 0.3) is 0 Å². The molecule has 0 saturated heterocycles. The van der Waals surface area contributed by atoms with Crippen molar-refractivity contribution in [1.82, 2.24) is 0 Å². The van der Waals surface area contributed by atoms with Crippen molar-refractivity contribution in [3.05, 3.63) is 25.3 Å². The number of carbonyl (C=O) groups is 1. The Balaban J connectivity index is 4.51. The molecule has 0 aliphatic heterocycles. The van der Waals surface area contributed by atoms with E-state index in [-0.39, 0.29) is 12.1 Å². The fourth-order valence-electron chi connectivity index (χ4n) is 0.943. The van der Waals surface area contributed by atoms with Crippen molar-refractivity contribution in [2.75, 3.05) is 13.7 Å². The average molecular weight is 340 g/mol. The van der Waals surface area contributed by atoms with Gasteiger partial charge in [-0.1, -0.05) is 34.7 Å². The number of hydrogen-bond acceptors (Lipinski definition) is 4. The fraction of sp³-hybridized carbons (Fsp3) is 0.545. The highest BCUT2D eigenvalue weighted by molar-refractivity contribution is 14.1. The summed E-state index contributed by atoms with van der Waals surface area (Å²) in [6.07, 6.45) is 2.15. The Morgan fingerprint density at radius 1 is 1.44 bits per heavy atom. The van der Waals surface area contributed by atoms with Gasteiger partial charge in [-0.15, -0.1) is 13.2 Å². The number of ether oxygens (including phenoxy) is 3. The Kier molecular flexibility index (Phi) is 8.50. The van der Waals surface area contributed by atoms with Gasteiger partial charge in [0.1, 0.15) is 0 Å². The highest BCUT2D eigenvalue weighted by Gasteiger charge is 2.29. The number of rotatable bonds is 8. The van der Waals surface area contributed by atoms with E-state index < -0.39 is 10.2 Å². The zero-order chi connectivity index (χ0) is 12.6. The molecule has 0 fully saturated rings. The van der Waals surface area contributed by atoms with Crippen LogP contribution in [0.1, 0.15) is 6.92 Å². The van der Waals surface area contributed by atoms with Gasteiger partial charge in [-0.05, 0) is 6.92 Å². The van der Waals surface area contributed by atoms with Crippen molar-refractivity contribution < 1.29 is 19.0 Å². The highest BCUT2D eigenvalue weighted by atomic mass is 127. The minimum atomic E-state index is -0.668. The molecular weight excluding hydrogens is 323 g/mol. The lowest BCUT2D eigenvalue weighted by Crippen LogP contribution is -2.36. The molecule has 2 unspecified atom stereocenters. The van der Waals surface area contributed by atoms with E-state index in [1.807, 2.05) is 29.5 Å². The van der Waals surface area contributed by atoms with Crippen LogP contribution in [0, 0.1) is 0 Å². The maximum absolute atomic E-state index is 11.3. The maximum Gasteiger partial charge on any atom is 0.323 e. The molecule has 0 aromatic rings. The third-order valence-corrected chi connectivity index (χ3v) is 2.85. The first-order valence-electron chi connectivity index (χ1n) is 4.84. The summed E-state index contributed by atoms with van der Waals surface area (Å²) in [5.41, 5.74) is 0. The summed E-state index contributed by atoms with van der Waals surface area (Å²) in [5.74, 6) is -0.383. The molecule has 4 nitrogen and oxygen atoms in total. The van der Waals surface area contributed by atoms with Gasteiger partial charge < -0.3 is 14.2 Å². The van der Waals surface area contributed by atoms with Crippen LogP contribution >= 0.6 is 22.6 Å². The summed E-state index contributed by atoms with van der Waals surface area (Å²) in [6, 6.07) is 0. The van der Waals surface area contributed by atoms with E-state index in [1.165, 1.54) is 7.11 Å². The molecule has 0 aromatic heterocycles. The fourth-order valence-corrected chi connectivity index (χ4v) is 1.57. The minimum Gasteiger partial charge on any atom is -0.468 e. The van der Waals surface area contributed by atoms with Gasteiger partial charge in [-0.25, -0.2) is 0 Å². The number of alkyl halides is 1. The van der Waals surface area contributed by atoms with Crippen LogP contribution in [0.15, 0.2) is 25.3 Å². The van der Waals surface area contributed by atoms with E-state index in [2.05, 4.69) is 17.9 Å². The molecule has 16 heavy (non-hydrogen) atoms. The first kappa shape index (κ1) is 15.6. The minimum absolute atomic E-state index is 0.349. The summed E-state index contributed by atoms with van der Waals surface area (Å²) >= 11 is 1.93. The van der Waals surface area contributed by atoms with Gasteiger partial charge in [0.25, 0.3) is 0 Å². The molecule has 0 amide bonds. The van der Waals surface area contributed by atoms with Gasteiger partial charge in [0, 0.05) is 6.61 Å². The SMILES string of the molecule is C=CC(C=C)OC(OCC)C(I)C(=O)OC. The monoisotopic (exact) mass is 340 g/mol. The van der Waals surface area contributed by atoms with Crippen molar-refractivity contribution >= 4 is 28.6 Å². The van der Waals surface area contributed by atoms with Crippen LogP contribution in [-0.2, 0) is 19.0 Å². The standard InChI is InChI=1S/C11H17IO4/c1-5-8(6-2)16-11(15-7-3)9(12)10(13)14-4/h5-6,8-9,11H,1-2,7H2,3-4H3. The Bertz CT molecular complexity index is 234. The quantitative estimate of drug-likeness (QED) is 0.223. The zero-order valence-electron chi connectivity index (χ0n) is 9.52. The molecule has 92 valence electrons.